The standard InChI is InChI=1S/C10H18N2O/c1-8(2)7-12-9(5-6-11)10(3,4)13/h5,8,12-13H,7H2,1-4H3/b9-5+. The van der Waals surface area contributed by atoms with Gasteiger partial charge in [0.15, 0.2) is 0 Å². The molecule has 0 fully saturated rings. The summed E-state index contributed by atoms with van der Waals surface area (Å²) in [4.78, 5) is 0. The highest BCUT2D eigenvalue weighted by Gasteiger charge is 2.18. The Morgan fingerprint density at radius 3 is 2.46 bits per heavy atom. The molecule has 0 bridgehead atoms. The summed E-state index contributed by atoms with van der Waals surface area (Å²) in [6, 6.07) is 1.91. The minimum absolute atomic E-state index is 0.490. The lowest BCUT2D eigenvalue weighted by Crippen LogP contribution is -2.34. The van der Waals surface area contributed by atoms with Crippen molar-refractivity contribution in [1.29, 1.82) is 5.26 Å². The first kappa shape index (κ1) is 12.0. The molecule has 3 heteroatoms. The predicted octanol–water partition coefficient (Wildman–Crippen LogP) is 1.41. The second-order valence-electron chi connectivity index (χ2n) is 4.02. The molecule has 0 atom stereocenters. The van der Waals surface area contributed by atoms with Gasteiger partial charge in [0, 0.05) is 12.6 Å². The molecule has 0 amide bonds. The Bertz CT molecular complexity index is 218. The summed E-state index contributed by atoms with van der Waals surface area (Å²) >= 11 is 0. The van der Waals surface area contributed by atoms with E-state index in [0.717, 1.165) is 6.54 Å². The Labute approximate surface area is 80.1 Å². The van der Waals surface area contributed by atoms with Crippen LogP contribution in [0.3, 0.4) is 0 Å². The van der Waals surface area contributed by atoms with Gasteiger partial charge in [-0.1, -0.05) is 13.8 Å². The van der Waals surface area contributed by atoms with Crippen LogP contribution in [0.25, 0.3) is 0 Å². The van der Waals surface area contributed by atoms with E-state index in [4.69, 9.17) is 5.26 Å². The van der Waals surface area contributed by atoms with E-state index in [9.17, 15) is 5.11 Å². The van der Waals surface area contributed by atoms with E-state index in [1.165, 1.54) is 6.08 Å². The molecule has 0 radical (unpaired) electrons. The van der Waals surface area contributed by atoms with Gasteiger partial charge in [-0.25, -0.2) is 0 Å². The van der Waals surface area contributed by atoms with Crippen LogP contribution in [0.2, 0.25) is 0 Å². The van der Waals surface area contributed by atoms with Crippen molar-refractivity contribution < 1.29 is 5.11 Å². The molecule has 0 aromatic carbocycles. The molecule has 0 aliphatic rings. The molecule has 13 heavy (non-hydrogen) atoms. The quantitative estimate of drug-likeness (QED) is 0.646. The molecule has 0 aliphatic heterocycles. The van der Waals surface area contributed by atoms with Crippen molar-refractivity contribution in [2.45, 2.75) is 33.3 Å². The normalized spacial score (nSPS) is 12.8. The Balaban J connectivity index is 4.32. The molecule has 0 aromatic rings. The van der Waals surface area contributed by atoms with Gasteiger partial charge in [0.25, 0.3) is 0 Å². The third-order valence-corrected chi connectivity index (χ3v) is 1.57. The van der Waals surface area contributed by atoms with Crippen molar-refractivity contribution in [2.75, 3.05) is 6.54 Å². The van der Waals surface area contributed by atoms with Crippen molar-refractivity contribution in [3.8, 4) is 6.07 Å². The van der Waals surface area contributed by atoms with Gasteiger partial charge in [-0.05, 0) is 19.8 Å². The summed E-state index contributed by atoms with van der Waals surface area (Å²) < 4.78 is 0. The van der Waals surface area contributed by atoms with E-state index in [-0.39, 0.29) is 0 Å². The number of nitriles is 1. The molecule has 0 heterocycles. The molecule has 0 rings (SSSR count). The first-order chi connectivity index (χ1) is 5.88. The number of hydrogen-bond acceptors (Lipinski definition) is 3. The van der Waals surface area contributed by atoms with E-state index in [1.54, 1.807) is 13.8 Å². The second kappa shape index (κ2) is 4.88. The summed E-state index contributed by atoms with van der Waals surface area (Å²) in [6.45, 7) is 8.22. The first-order valence-electron chi connectivity index (χ1n) is 4.44. The SMILES string of the molecule is CC(C)CN/C(=C/C#N)C(C)(C)O. The lowest BCUT2D eigenvalue weighted by Gasteiger charge is -2.23. The maximum atomic E-state index is 9.64. The van der Waals surface area contributed by atoms with Crippen molar-refractivity contribution in [2.24, 2.45) is 5.92 Å². The highest BCUT2D eigenvalue weighted by atomic mass is 16.3. The fourth-order valence-corrected chi connectivity index (χ4v) is 0.823. The highest BCUT2D eigenvalue weighted by Crippen LogP contribution is 2.12. The van der Waals surface area contributed by atoms with Crippen LogP contribution in [-0.4, -0.2) is 17.3 Å². The predicted molar refractivity (Wildman–Crippen MR) is 52.8 cm³/mol. The third-order valence-electron chi connectivity index (χ3n) is 1.57. The van der Waals surface area contributed by atoms with Crippen LogP contribution < -0.4 is 5.32 Å². The van der Waals surface area contributed by atoms with Gasteiger partial charge in [0.2, 0.25) is 0 Å². The number of allylic oxidation sites excluding steroid dienone is 1. The summed E-state index contributed by atoms with van der Waals surface area (Å²) in [6.07, 6.45) is 1.35. The van der Waals surface area contributed by atoms with Crippen LogP contribution in [0, 0.1) is 17.2 Å². The van der Waals surface area contributed by atoms with Crippen LogP contribution in [0.5, 0.6) is 0 Å². The molecular weight excluding hydrogens is 164 g/mol. The van der Waals surface area contributed by atoms with E-state index < -0.39 is 5.60 Å². The molecule has 0 saturated heterocycles. The Morgan fingerprint density at radius 1 is 1.62 bits per heavy atom. The second-order valence-corrected chi connectivity index (χ2v) is 4.02. The molecule has 0 saturated carbocycles. The number of rotatable bonds is 4. The average Bonchev–Trinajstić information content (AvgIpc) is 1.95. The van der Waals surface area contributed by atoms with E-state index in [1.807, 2.05) is 6.07 Å². The van der Waals surface area contributed by atoms with Gasteiger partial charge in [0.05, 0.1) is 17.4 Å². The van der Waals surface area contributed by atoms with Crippen LogP contribution >= 0.6 is 0 Å². The maximum absolute atomic E-state index is 9.64. The van der Waals surface area contributed by atoms with E-state index in [2.05, 4.69) is 19.2 Å². The smallest absolute Gasteiger partial charge is 0.0991 e. The van der Waals surface area contributed by atoms with Crippen molar-refractivity contribution >= 4 is 0 Å². The fraction of sp³-hybridized carbons (Fsp3) is 0.700. The van der Waals surface area contributed by atoms with Crippen molar-refractivity contribution in [3.05, 3.63) is 11.8 Å². The molecular formula is C10H18N2O. The van der Waals surface area contributed by atoms with Gasteiger partial charge in [0.1, 0.15) is 0 Å². The minimum atomic E-state index is -0.968. The van der Waals surface area contributed by atoms with Gasteiger partial charge < -0.3 is 10.4 Å². The fourth-order valence-electron chi connectivity index (χ4n) is 0.823. The zero-order valence-corrected chi connectivity index (χ0v) is 8.76. The van der Waals surface area contributed by atoms with E-state index >= 15 is 0 Å². The lowest BCUT2D eigenvalue weighted by molar-refractivity contribution is 0.111. The van der Waals surface area contributed by atoms with E-state index in [0.29, 0.717) is 11.6 Å². The van der Waals surface area contributed by atoms with Crippen molar-refractivity contribution in [3.63, 3.8) is 0 Å². The Morgan fingerprint density at radius 2 is 2.15 bits per heavy atom. The molecule has 0 aliphatic carbocycles. The summed E-state index contributed by atoms with van der Waals surface area (Å²) in [5.74, 6) is 0.490. The van der Waals surface area contributed by atoms with Crippen LogP contribution in [0.15, 0.2) is 11.8 Å². The Kier molecular flexibility index (Phi) is 4.50. The zero-order chi connectivity index (χ0) is 10.5. The van der Waals surface area contributed by atoms with Crippen LogP contribution in [0.1, 0.15) is 27.7 Å². The lowest BCUT2D eigenvalue weighted by atomic mass is 10.0. The zero-order valence-electron chi connectivity index (χ0n) is 8.76. The maximum Gasteiger partial charge on any atom is 0.0991 e. The van der Waals surface area contributed by atoms with Gasteiger partial charge in [-0.3, -0.25) is 0 Å². The average molecular weight is 182 g/mol. The molecule has 3 nitrogen and oxygen atoms in total. The summed E-state index contributed by atoms with van der Waals surface area (Å²) in [7, 11) is 0. The number of aliphatic hydroxyl groups is 1. The van der Waals surface area contributed by atoms with Crippen LogP contribution in [-0.2, 0) is 0 Å². The topological polar surface area (TPSA) is 56.0 Å². The third kappa shape index (κ3) is 5.26. The van der Waals surface area contributed by atoms with Gasteiger partial charge >= 0.3 is 0 Å². The number of hydrogen-bond donors (Lipinski definition) is 2. The largest absolute Gasteiger partial charge is 0.385 e. The van der Waals surface area contributed by atoms with Gasteiger partial charge in [-0.15, -0.1) is 0 Å². The molecule has 74 valence electrons. The minimum Gasteiger partial charge on any atom is -0.385 e. The first-order valence-corrected chi connectivity index (χ1v) is 4.44. The molecule has 0 spiro atoms. The summed E-state index contributed by atoms with van der Waals surface area (Å²) in [5, 5.41) is 21.2. The monoisotopic (exact) mass is 182 g/mol. The summed E-state index contributed by atoms with van der Waals surface area (Å²) in [5.41, 5.74) is -0.395. The highest BCUT2D eigenvalue weighted by molar-refractivity contribution is 5.19. The molecule has 2 N–H and O–H groups in total. The van der Waals surface area contributed by atoms with Gasteiger partial charge in [-0.2, -0.15) is 5.26 Å². The molecule has 0 aromatic heterocycles. The number of nitrogens with one attached hydrogen (secondary N) is 1. The van der Waals surface area contributed by atoms with Crippen molar-refractivity contribution in [1.82, 2.24) is 5.32 Å². The number of nitrogens with zero attached hydrogens (tertiary/aromatic N) is 1. The van der Waals surface area contributed by atoms with Crippen LogP contribution in [0.4, 0.5) is 0 Å². The Hall–Kier alpha value is -1.01. The molecule has 0 unspecified atom stereocenters.